The SMILES string of the molecule is CCC(OC(=O)c1ccc(-n2c(C)nnc2SC)cc1)C(=O)Nc1nc(-c2ccc(C)cc2)cs1. The fourth-order valence-corrected chi connectivity index (χ4v) is 4.68. The molecule has 0 saturated heterocycles. The van der Waals surface area contributed by atoms with Crippen LogP contribution in [0.2, 0.25) is 0 Å². The highest BCUT2D eigenvalue weighted by Gasteiger charge is 2.23. The van der Waals surface area contributed by atoms with Crippen LogP contribution in [0, 0.1) is 13.8 Å². The molecule has 1 atom stereocenters. The fourth-order valence-electron chi connectivity index (χ4n) is 3.41. The van der Waals surface area contributed by atoms with Crippen LogP contribution in [0.5, 0.6) is 0 Å². The molecule has 0 aliphatic rings. The molecule has 180 valence electrons. The summed E-state index contributed by atoms with van der Waals surface area (Å²) in [6, 6.07) is 14.9. The lowest BCUT2D eigenvalue weighted by molar-refractivity contribution is -0.124. The molecule has 1 unspecified atom stereocenters. The van der Waals surface area contributed by atoms with E-state index in [0.717, 1.165) is 27.9 Å². The van der Waals surface area contributed by atoms with Crippen molar-refractivity contribution in [1.29, 1.82) is 0 Å². The Bertz CT molecular complexity index is 1330. The molecule has 4 aromatic rings. The molecule has 35 heavy (non-hydrogen) atoms. The number of ether oxygens (including phenoxy) is 1. The van der Waals surface area contributed by atoms with Gasteiger partial charge in [0, 0.05) is 16.6 Å². The van der Waals surface area contributed by atoms with Crippen LogP contribution in [0.4, 0.5) is 5.13 Å². The number of benzene rings is 2. The molecule has 8 nitrogen and oxygen atoms in total. The average Bonchev–Trinajstić information content (AvgIpc) is 3.49. The predicted molar refractivity (Wildman–Crippen MR) is 138 cm³/mol. The first-order valence-electron chi connectivity index (χ1n) is 11.0. The van der Waals surface area contributed by atoms with Gasteiger partial charge < -0.3 is 4.74 Å². The van der Waals surface area contributed by atoms with E-state index in [9.17, 15) is 9.59 Å². The molecule has 2 aromatic heterocycles. The van der Waals surface area contributed by atoms with Crippen molar-refractivity contribution in [2.24, 2.45) is 0 Å². The number of amides is 1. The van der Waals surface area contributed by atoms with Gasteiger partial charge in [-0.2, -0.15) is 0 Å². The van der Waals surface area contributed by atoms with E-state index < -0.39 is 18.0 Å². The number of carbonyl (C=O) groups is 2. The molecule has 10 heteroatoms. The summed E-state index contributed by atoms with van der Waals surface area (Å²) in [5.74, 6) is -0.226. The van der Waals surface area contributed by atoms with Crippen LogP contribution in [-0.4, -0.2) is 44.0 Å². The summed E-state index contributed by atoms with van der Waals surface area (Å²) in [4.78, 5) is 30.0. The minimum absolute atomic E-state index is 0.336. The molecule has 0 aliphatic carbocycles. The van der Waals surface area contributed by atoms with E-state index in [4.69, 9.17) is 4.74 Å². The Morgan fingerprint density at radius 3 is 2.46 bits per heavy atom. The molecule has 2 aromatic carbocycles. The molecule has 4 rings (SSSR count). The molecule has 1 N–H and O–H groups in total. The van der Waals surface area contributed by atoms with Gasteiger partial charge in [0.15, 0.2) is 16.4 Å². The number of hydrogen-bond acceptors (Lipinski definition) is 8. The standard InChI is InChI=1S/C25H25N5O3S2/c1-5-21(22(31)27-24-26-20(14-35-24)17-8-6-15(2)7-9-17)33-23(32)18-10-12-19(13-11-18)30-16(3)28-29-25(30)34-4/h6-14,21H,5H2,1-4H3,(H,26,27,31). The molecule has 0 spiro atoms. The normalized spacial score (nSPS) is 11.8. The minimum atomic E-state index is -0.933. The summed E-state index contributed by atoms with van der Waals surface area (Å²) in [6.07, 6.45) is 1.33. The number of rotatable bonds is 8. The number of thioether (sulfide) groups is 1. The third-order valence-electron chi connectivity index (χ3n) is 5.33. The predicted octanol–water partition coefficient (Wildman–Crippen LogP) is 5.30. The molecule has 0 fully saturated rings. The lowest BCUT2D eigenvalue weighted by Gasteiger charge is -2.15. The number of carbonyl (C=O) groups excluding carboxylic acids is 2. The van der Waals surface area contributed by atoms with Gasteiger partial charge in [0.25, 0.3) is 5.91 Å². The summed E-state index contributed by atoms with van der Waals surface area (Å²) in [5, 5.41) is 14.1. The number of nitrogens with one attached hydrogen (secondary N) is 1. The van der Waals surface area contributed by atoms with Crippen molar-refractivity contribution in [3.8, 4) is 16.9 Å². The van der Waals surface area contributed by atoms with Crippen molar-refractivity contribution in [3.05, 3.63) is 70.9 Å². The number of nitrogens with zero attached hydrogens (tertiary/aromatic N) is 4. The summed E-state index contributed by atoms with van der Waals surface area (Å²) < 4.78 is 7.42. The zero-order valence-electron chi connectivity index (χ0n) is 19.8. The highest BCUT2D eigenvalue weighted by Crippen LogP contribution is 2.26. The Balaban J connectivity index is 1.40. The smallest absolute Gasteiger partial charge is 0.338 e. The van der Waals surface area contributed by atoms with E-state index >= 15 is 0 Å². The monoisotopic (exact) mass is 507 g/mol. The van der Waals surface area contributed by atoms with Crippen LogP contribution in [0.3, 0.4) is 0 Å². The first kappa shape index (κ1) is 24.6. The van der Waals surface area contributed by atoms with Gasteiger partial charge in [-0.15, -0.1) is 21.5 Å². The molecular weight excluding hydrogens is 482 g/mol. The third kappa shape index (κ3) is 5.60. The highest BCUT2D eigenvalue weighted by atomic mass is 32.2. The molecule has 0 aliphatic heterocycles. The Kier molecular flexibility index (Phi) is 7.62. The lowest BCUT2D eigenvalue weighted by atomic mass is 10.1. The number of hydrogen-bond donors (Lipinski definition) is 1. The highest BCUT2D eigenvalue weighted by molar-refractivity contribution is 7.98. The summed E-state index contributed by atoms with van der Waals surface area (Å²) in [6.45, 7) is 5.68. The van der Waals surface area contributed by atoms with Crippen molar-refractivity contribution in [2.75, 3.05) is 11.6 Å². The Labute approximate surface area is 211 Å². The zero-order chi connectivity index (χ0) is 24.9. The maximum absolute atomic E-state index is 12.8. The lowest BCUT2D eigenvalue weighted by Crippen LogP contribution is -2.32. The molecule has 0 bridgehead atoms. The molecule has 0 saturated carbocycles. The summed E-state index contributed by atoms with van der Waals surface area (Å²) in [5.41, 5.74) is 4.11. The average molecular weight is 508 g/mol. The van der Waals surface area contributed by atoms with Crippen molar-refractivity contribution < 1.29 is 14.3 Å². The van der Waals surface area contributed by atoms with E-state index in [0.29, 0.717) is 17.1 Å². The van der Waals surface area contributed by atoms with E-state index in [-0.39, 0.29) is 0 Å². The van der Waals surface area contributed by atoms with Gasteiger partial charge in [-0.1, -0.05) is 48.5 Å². The van der Waals surface area contributed by atoms with Crippen molar-refractivity contribution >= 4 is 40.1 Å². The second-order valence-corrected chi connectivity index (χ2v) is 9.44. The number of esters is 1. The van der Waals surface area contributed by atoms with E-state index in [1.54, 1.807) is 31.2 Å². The van der Waals surface area contributed by atoms with E-state index in [1.165, 1.54) is 28.7 Å². The van der Waals surface area contributed by atoms with Gasteiger partial charge in [-0.25, -0.2) is 9.78 Å². The Hall–Kier alpha value is -3.50. The van der Waals surface area contributed by atoms with Gasteiger partial charge in [0.2, 0.25) is 0 Å². The number of thiazole rings is 1. The van der Waals surface area contributed by atoms with Crippen LogP contribution < -0.4 is 5.32 Å². The van der Waals surface area contributed by atoms with Gasteiger partial charge >= 0.3 is 5.97 Å². The van der Waals surface area contributed by atoms with Gasteiger partial charge in [0.05, 0.1) is 11.3 Å². The van der Waals surface area contributed by atoms with Crippen LogP contribution in [0.25, 0.3) is 16.9 Å². The zero-order valence-corrected chi connectivity index (χ0v) is 21.4. The maximum Gasteiger partial charge on any atom is 0.338 e. The summed E-state index contributed by atoms with van der Waals surface area (Å²) >= 11 is 2.81. The van der Waals surface area contributed by atoms with E-state index in [2.05, 4.69) is 20.5 Å². The second kappa shape index (κ2) is 10.8. The van der Waals surface area contributed by atoms with Gasteiger partial charge in [-0.3, -0.25) is 14.7 Å². The first-order chi connectivity index (χ1) is 16.9. The number of anilines is 1. The van der Waals surface area contributed by atoms with Crippen molar-refractivity contribution in [1.82, 2.24) is 19.7 Å². The number of aromatic nitrogens is 4. The van der Waals surface area contributed by atoms with Crippen LogP contribution in [0.1, 0.15) is 35.1 Å². The third-order valence-corrected chi connectivity index (χ3v) is 6.72. The topological polar surface area (TPSA) is 99.0 Å². The molecule has 1 amide bonds. The van der Waals surface area contributed by atoms with E-state index in [1.807, 2.05) is 54.3 Å². The van der Waals surface area contributed by atoms with Crippen molar-refractivity contribution in [2.45, 2.75) is 38.5 Å². The fraction of sp³-hybridized carbons (Fsp3) is 0.240. The molecule has 0 radical (unpaired) electrons. The maximum atomic E-state index is 12.8. The van der Waals surface area contributed by atoms with Crippen LogP contribution in [-0.2, 0) is 9.53 Å². The van der Waals surface area contributed by atoms with Crippen LogP contribution >= 0.6 is 23.1 Å². The van der Waals surface area contributed by atoms with Crippen LogP contribution in [0.15, 0.2) is 59.1 Å². The van der Waals surface area contributed by atoms with Gasteiger partial charge in [-0.05, 0) is 50.8 Å². The largest absolute Gasteiger partial charge is 0.449 e. The molecule has 2 heterocycles. The quantitative estimate of drug-likeness (QED) is 0.255. The Morgan fingerprint density at radius 2 is 1.80 bits per heavy atom. The van der Waals surface area contributed by atoms with Crippen molar-refractivity contribution in [3.63, 3.8) is 0 Å². The van der Waals surface area contributed by atoms with Gasteiger partial charge in [0.1, 0.15) is 5.82 Å². The first-order valence-corrected chi connectivity index (χ1v) is 13.1. The number of aryl methyl sites for hydroxylation is 2. The molecular formula is C25H25N5O3S2. The second-order valence-electron chi connectivity index (χ2n) is 7.81. The minimum Gasteiger partial charge on any atom is -0.449 e. The summed E-state index contributed by atoms with van der Waals surface area (Å²) in [7, 11) is 0. The Morgan fingerprint density at radius 1 is 1.09 bits per heavy atom.